The summed E-state index contributed by atoms with van der Waals surface area (Å²) in [6, 6.07) is 3.91. The van der Waals surface area contributed by atoms with Crippen LogP contribution in [0, 0.1) is 0 Å². The van der Waals surface area contributed by atoms with Crippen molar-refractivity contribution in [3.63, 3.8) is 0 Å². The molecule has 0 saturated carbocycles. The first-order valence-electron chi connectivity index (χ1n) is 3.75. The number of rotatable bonds is 4. The molecule has 0 unspecified atom stereocenters. The first-order valence-corrected chi connectivity index (χ1v) is 9.51. The number of hydrogen-bond acceptors (Lipinski definition) is 1. The van der Waals surface area contributed by atoms with Gasteiger partial charge < -0.3 is 0 Å². The van der Waals surface area contributed by atoms with Crippen LogP contribution in [0.25, 0.3) is 0 Å². The van der Waals surface area contributed by atoms with E-state index in [1.807, 2.05) is 12.1 Å². The van der Waals surface area contributed by atoms with E-state index in [9.17, 15) is 0 Å². The van der Waals surface area contributed by atoms with Crippen molar-refractivity contribution in [2.45, 2.75) is 24.2 Å². The summed E-state index contributed by atoms with van der Waals surface area (Å²) in [6.07, 6.45) is 4.17. The molecule has 1 rings (SSSR count). The third kappa shape index (κ3) is 3.07. The maximum atomic E-state index is 6.20. The van der Waals surface area contributed by atoms with Crippen LogP contribution in [0.1, 0.15) is 19.8 Å². The van der Waals surface area contributed by atoms with Crippen LogP contribution in [0.2, 0.25) is 4.47 Å². The Hall–Kier alpha value is 0.360. The van der Waals surface area contributed by atoms with Crippen molar-refractivity contribution in [3.05, 3.63) is 18.4 Å². The van der Waals surface area contributed by atoms with Gasteiger partial charge in [-0.05, 0) is 0 Å². The zero-order valence-electron chi connectivity index (χ0n) is 6.55. The number of halogens is 1. The Labute approximate surface area is 78.1 Å². The van der Waals surface area contributed by atoms with Crippen LogP contribution < -0.4 is 3.81 Å². The quantitative estimate of drug-likeness (QED) is 0.776. The van der Waals surface area contributed by atoms with E-state index in [0.717, 1.165) is 3.81 Å². The number of furan rings is 1. The molecule has 0 fully saturated rings. The normalized spacial score (nSPS) is 10.8. The van der Waals surface area contributed by atoms with Crippen LogP contribution in [-0.4, -0.2) is 18.4 Å². The van der Waals surface area contributed by atoms with Crippen LogP contribution >= 0.6 is 8.96 Å². The van der Waals surface area contributed by atoms with E-state index >= 15 is 0 Å². The summed E-state index contributed by atoms with van der Waals surface area (Å²) in [5.41, 5.74) is 0. The molecule has 0 aliphatic carbocycles. The van der Waals surface area contributed by atoms with Crippen LogP contribution in [0.15, 0.2) is 22.8 Å². The predicted octanol–water partition coefficient (Wildman–Crippen LogP) is 2.52. The summed E-state index contributed by atoms with van der Waals surface area (Å²) in [4.78, 5) is 0. The molecule has 0 aliphatic heterocycles. The average Bonchev–Trinajstić information content (AvgIpc) is 2.52. The molecule has 0 radical (unpaired) electrons. The average molecular weight is 287 g/mol. The Morgan fingerprint density at radius 3 is 3.00 bits per heavy atom. The Kier molecular flexibility index (Phi) is 4.37. The molecular formula is C8H12ClOTe+. The third-order valence-corrected chi connectivity index (χ3v) is 7.20. The van der Waals surface area contributed by atoms with E-state index in [1.54, 1.807) is 6.26 Å². The van der Waals surface area contributed by atoms with Gasteiger partial charge in [0.1, 0.15) is 0 Å². The predicted molar refractivity (Wildman–Crippen MR) is 49.7 cm³/mol. The molecule has 0 aliphatic rings. The minimum absolute atomic E-state index is 1.06. The van der Waals surface area contributed by atoms with Crippen molar-refractivity contribution in [1.29, 1.82) is 0 Å². The second-order valence-electron chi connectivity index (χ2n) is 2.32. The van der Waals surface area contributed by atoms with Crippen LogP contribution in [0.5, 0.6) is 0 Å². The Balaban J connectivity index is 2.36. The molecule has 62 valence electrons. The zero-order chi connectivity index (χ0) is 8.10. The Morgan fingerprint density at radius 2 is 2.45 bits per heavy atom. The maximum absolute atomic E-state index is 6.20. The molecule has 11 heavy (non-hydrogen) atoms. The molecule has 1 heterocycles. The van der Waals surface area contributed by atoms with Gasteiger partial charge >= 0.3 is 78.3 Å². The summed E-state index contributed by atoms with van der Waals surface area (Å²) in [6.45, 7) is 2.19. The first kappa shape index (κ1) is 9.45. The number of hydrogen-bond donors (Lipinski definition) is 0. The Morgan fingerprint density at radius 1 is 1.64 bits per heavy atom. The summed E-state index contributed by atoms with van der Waals surface area (Å²) < 4.78 is 7.47. The van der Waals surface area contributed by atoms with E-state index in [1.165, 1.54) is 17.3 Å². The van der Waals surface area contributed by atoms with E-state index in [-0.39, 0.29) is 0 Å². The molecule has 0 saturated heterocycles. The van der Waals surface area contributed by atoms with Crippen molar-refractivity contribution in [2.75, 3.05) is 0 Å². The fourth-order valence-electron chi connectivity index (χ4n) is 0.761. The SMILES string of the molecule is CCCC[Te+](Cl)c1ccco1. The third-order valence-electron chi connectivity index (χ3n) is 1.39. The van der Waals surface area contributed by atoms with E-state index < -0.39 is 18.4 Å². The van der Waals surface area contributed by atoms with Crippen molar-refractivity contribution in [3.8, 4) is 0 Å². The van der Waals surface area contributed by atoms with Crippen molar-refractivity contribution >= 4 is 31.2 Å². The van der Waals surface area contributed by atoms with Gasteiger partial charge in [0.2, 0.25) is 0 Å². The molecule has 0 amide bonds. The summed E-state index contributed by atoms with van der Waals surface area (Å²) >= 11 is -1.51. The molecular weight excluding hydrogens is 275 g/mol. The summed E-state index contributed by atoms with van der Waals surface area (Å²) in [5, 5.41) is 0. The van der Waals surface area contributed by atoms with Crippen molar-refractivity contribution in [1.82, 2.24) is 0 Å². The topological polar surface area (TPSA) is 13.1 Å². The monoisotopic (exact) mass is 289 g/mol. The standard InChI is InChI=1S/C8H12ClOTe/c1-2-3-7-11(9)8-5-4-6-10-8/h4-6H,2-3,7H2,1H3/q+1. The second kappa shape index (κ2) is 5.08. The molecule has 0 spiro atoms. The van der Waals surface area contributed by atoms with Gasteiger partial charge in [-0.25, -0.2) is 0 Å². The molecule has 0 aromatic carbocycles. The van der Waals surface area contributed by atoms with Crippen molar-refractivity contribution < 1.29 is 4.42 Å². The van der Waals surface area contributed by atoms with Gasteiger partial charge in [0.15, 0.2) is 0 Å². The van der Waals surface area contributed by atoms with E-state index in [2.05, 4.69) is 6.92 Å². The van der Waals surface area contributed by atoms with Gasteiger partial charge in [0.25, 0.3) is 0 Å². The van der Waals surface area contributed by atoms with Gasteiger partial charge in [0, 0.05) is 0 Å². The van der Waals surface area contributed by atoms with Gasteiger partial charge in [-0.15, -0.1) is 0 Å². The molecule has 0 bridgehead atoms. The fraction of sp³-hybridized carbons (Fsp3) is 0.500. The second-order valence-corrected chi connectivity index (χ2v) is 9.02. The molecule has 1 nitrogen and oxygen atoms in total. The van der Waals surface area contributed by atoms with Crippen LogP contribution in [0.3, 0.4) is 0 Å². The summed E-state index contributed by atoms with van der Waals surface area (Å²) in [7, 11) is 6.20. The molecule has 0 N–H and O–H groups in total. The zero-order valence-corrected chi connectivity index (χ0v) is 9.63. The van der Waals surface area contributed by atoms with Gasteiger partial charge in [0.05, 0.1) is 0 Å². The molecule has 0 atom stereocenters. The molecule has 1 aromatic rings. The minimum atomic E-state index is -1.51. The van der Waals surface area contributed by atoms with Gasteiger partial charge in [-0.1, -0.05) is 0 Å². The van der Waals surface area contributed by atoms with Crippen LogP contribution in [-0.2, 0) is 0 Å². The van der Waals surface area contributed by atoms with E-state index in [4.69, 9.17) is 13.4 Å². The number of unbranched alkanes of at least 4 members (excludes halogenated alkanes) is 1. The van der Waals surface area contributed by atoms with Gasteiger partial charge in [-0.2, -0.15) is 0 Å². The first-order chi connectivity index (χ1) is 5.34. The fourth-order valence-corrected chi connectivity index (χ4v) is 5.31. The van der Waals surface area contributed by atoms with Crippen LogP contribution in [0.4, 0.5) is 0 Å². The van der Waals surface area contributed by atoms with Crippen molar-refractivity contribution in [2.24, 2.45) is 0 Å². The summed E-state index contributed by atoms with van der Waals surface area (Å²) in [5.74, 6) is 0. The van der Waals surface area contributed by atoms with Gasteiger partial charge in [-0.3, -0.25) is 0 Å². The van der Waals surface area contributed by atoms with E-state index in [0.29, 0.717) is 0 Å². The Bertz CT molecular complexity index is 186. The molecule has 3 heteroatoms. The molecule has 1 aromatic heterocycles.